The summed E-state index contributed by atoms with van der Waals surface area (Å²) in [7, 11) is -3.75. The van der Waals surface area contributed by atoms with Crippen LogP contribution in [0.1, 0.15) is 43.4 Å². The molecule has 0 saturated heterocycles. The van der Waals surface area contributed by atoms with E-state index in [9.17, 15) is 18.0 Å². The van der Waals surface area contributed by atoms with Gasteiger partial charge in [0.2, 0.25) is 21.8 Å². The third kappa shape index (κ3) is 7.84. The first-order valence-electron chi connectivity index (χ1n) is 11.3. The van der Waals surface area contributed by atoms with Gasteiger partial charge in [0.25, 0.3) is 0 Å². The van der Waals surface area contributed by atoms with E-state index in [1.165, 1.54) is 4.90 Å². The maximum Gasteiger partial charge on any atom is 0.244 e. The van der Waals surface area contributed by atoms with Gasteiger partial charge in [-0.25, -0.2) is 8.42 Å². The van der Waals surface area contributed by atoms with Crippen molar-refractivity contribution in [2.24, 2.45) is 0 Å². The molecule has 186 valence electrons. The van der Waals surface area contributed by atoms with Crippen molar-refractivity contribution >= 4 is 43.5 Å². The van der Waals surface area contributed by atoms with Crippen LogP contribution in [-0.2, 0) is 26.2 Å². The van der Waals surface area contributed by atoms with Crippen molar-refractivity contribution in [2.75, 3.05) is 23.7 Å². The number of carbonyl (C=O) groups excluding carboxylic acids is 2. The summed E-state index contributed by atoms with van der Waals surface area (Å²) in [5.41, 5.74) is 2.92. The van der Waals surface area contributed by atoms with Crippen LogP contribution in [-0.4, -0.2) is 50.5 Å². The first-order chi connectivity index (χ1) is 15.9. The van der Waals surface area contributed by atoms with E-state index in [2.05, 4.69) is 21.2 Å². The molecule has 0 heterocycles. The lowest BCUT2D eigenvalue weighted by Gasteiger charge is -2.32. The Labute approximate surface area is 211 Å². The summed E-state index contributed by atoms with van der Waals surface area (Å²) in [4.78, 5) is 27.8. The molecule has 2 aromatic rings. The summed E-state index contributed by atoms with van der Waals surface area (Å²) in [6.07, 6.45) is 2.87. The number of aryl methyl sites for hydroxylation is 2. The fourth-order valence-electron chi connectivity index (χ4n) is 3.49. The molecule has 0 aliphatic heterocycles. The molecule has 0 saturated carbocycles. The van der Waals surface area contributed by atoms with E-state index in [0.717, 1.165) is 44.6 Å². The van der Waals surface area contributed by atoms with Gasteiger partial charge >= 0.3 is 0 Å². The Hall–Kier alpha value is -2.39. The molecule has 0 bridgehead atoms. The number of amides is 2. The van der Waals surface area contributed by atoms with Gasteiger partial charge in [-0.15, -0.1) is 0 Å². The number of hydrogen-bond acceptors (Lipinski definition) is 4. The number of benzene rings is 2. The van der Waals surface area contributed by atoms with Crippen LogP contribution >= 0.6 is 15.9 Å². The first-order valence-corrected chi connectivity index (χ1v) is 13.9. The lowest BCUT2D eigenvalue weighted by molar-refractivity contribution is -0.139. The quantitative estimate of drug-likeness (QED) is 0.424. The summed E-state index contributed by atoms with van der Waals surface area (Å²) < 4.78 is 27.4. The number of anilines is 1. The molecule has 0 spiro atoms. The number of hydrogen-bond donors (Lipinski definition) is 1. The predicted molar refractivity (Wildman–Crippen MR) is 140 cm³/mol. The van der Waals surface area contributed by atoms with Gasteiger partial charge < -0.3 is 10.2 Å². The van der Waals surface area contributed by atoms with Crippen LogP contribution in [0.25, 0.3) is 0 Å². The Balaban J connectivity index is 2.38. The molecule has 1 N–H and O–H groups in total. The molecule has 7 nitrogen and oxygen atoms in total. The normalized spacial score (nSPS) is 12.2. The van der Waals surface area contributed by atoms with Gasteiger partial charge in [0.05, 0.1) is 11.9 Å². The average Bonchev–Trinajstić information content (AvgIpc) is 2.77. The van der Waals surface area contributed by atoms with Gasteiger partial charge in [-0.1, -0.05) is 53.5 Å². The molecule has 2 amide bonds. The molecule has 2 aromatic carbocycles. The third-order valence-corrected chi connectivity index (χ3v) is 7.23. The van der Waals surface area contributed by atoms with Gasteiger partial charge in [0.1, 0.15) is 12.6 Å². The lowest BCUT2D eigenvalue weighted by Crippen LogP contribution is -2.51. The van der Waals surface area contributed by atoms with Crippen molar-refractivity contribution in [1.29, 1.82) is 0 Å². The molecule has 0 radical (unpaired) electrons. The van der Waals surface area contributed by atoms with Crippen LogP contribution in [0.5, 0.6) is 0 Å². The zero-order chi connectivity index (χ0) is 25.5. The molecule has 0 fully saturated rings. The highest BCUT2D eigenvalue weighted by atomic mass is 79.9. The standard InChI is InChI=1S/C25H34BrN3O4S/c1-6-7-14-27-25(31)20(4)28(16-21-10-12-22(26)13-11-21)24(30)17-29(34(5,32)33)23-15-18(2)8-9-19(23)3/h8-13,15,20H,6-7,14,16-17H2,1-5H3,(H,27,31). The van der Waals surface area contributed by atoms with Gasteiger partial charge in [0.15, 0.2) is 0 Å². The SMILES string of the molecule is CCCCNC(=O)C(C)N(Cc1ccc(Br)cc1)C(=O)CN(c1cc(C)ccc1C)S(C)(=O)=O. The van der Waals surface area contributed by atoms with Crippen LogP contribution in [0.15, 0.2) is 46.9 Å². The number of halogens is 1. The van der Waals surface area contributed by atoms with E-state index < -0.39 is 28.5 Å². The van der Waals surface area contributed by atoms with Gasteiger partial charge in [-0.05, 0) is 62.1 Å². The van der Waals surface area contributed by atoms with Crippen molar-refractivity contribution < 1.29 is 18.0 Å². The minimum absolute atomic E-state index is 0.179. The molecule has 0 aromatic heterocycles. The Bertz CT molecular complexity index is 1100. The van der Waals surface area contributed by atoms with Crippen molar-refractivity contribution in [2.45, 2.75) is 53.1 Å². The zero-order valence-corrected chi connectivity index (χ0v) is 22.9. The monoisotopic (exact) mass is 551 g/mol. The highest BCUT2D eigenvalue weighted by Crippen LogP contribution is 2.24. The molecule has 0 aliphatic carbocycles. The second-order valence-corrected chi connectivity index (χ2v) is 11.4. The summed E-state index contributed by atoms with van der Waals surface area (Å²) in [6.45, 7) is 7.68. The second-order valence-electron chi connectivity index (χ2n) is 8.53. The number of nitrogens with one attached hydrogen (secondary N) is 1. The Morgan fingerprint density at radius 2 is 1.74 bits per heavy atom. The van der Waals surface area contributed by atoms with Crippen LogP contribution in [0, 0.1) is 13.8 Å². The minimum atomic E-state index is -3.75. The predicted octanol–water partition coefficient (Wildman–Crippen LogP) is 4.17. The van der Waals surface area contributed by atoms with E-state index in [4.69, 9.17) is 0 Å². The van der Waals surface area contributed by atoms with Gasteiger partial charge in [0, 0.05) is 17.6 Å². The summed E-state index contributed by atoms with van der Waals surface area (Å²) in [6, 6.07) is 12.2. The number of carbonyl (C=O) groups is 2. The summed E-state index contributed by atoms with van der Waals surface area (Å²) >= 11 is 3.40. The molecule has 2 rings (SSSR count). The van der Waals surface area contributed by atoms with Crippen molar-refractivity contribution in [1.82, 2.24) is 10.2 Å². The molecular weight excluding hydrogens is 518 g/mol. The van der Waals surface area contributed by atoms with Crippen molar-refractivity contribution in [3.05, 3.63) is 63.6 Å². The minimum Gasteiger partial charge on any atom is -0.354 e. The maximum absolute atomic E-state index is 13.5. The smallest absolute Gasteiger partial charge is 0.244 e. The molecule has 34 heavy (non-hydrogen) atoms. The second kappa shape index (κ2) is 12.4. The van der Waals surface area contributed by atoms with Crippen LogP contribution in [0.4, 0.5) is 5.69 Å². The van der Waals surface area contributed by atoms with Crippen LogP contribution < -0.4 is 9.62 Å². The highest BCUT2D eigenvalue weighted by Gasteiger charge is 2.30. The van der Waals surface area contributed by atoms with Crippen molar-refractivity contribution in [3.63, 3.8) is 0 Å². The van der Waals surface area contributed by atoms with E-state index in [0.29, 0.717) is 12.2 Å². The molecule has 1 atom stereocenters. The Morgan fingerprint density at radius 1 is 1.09 bits per heavy atom. The zero-order valence-electron chi connectivity index (χ0n) is 20.5. The fraction of sp³-hybridized carbons (Fsp3) is 0.440. The molecule has 9 heteroatoms. The summed E-state index contributed by atoms with van der Waals surface area (Å²) in [5.74, 6) is -0.719. The van der Waals surface area contributed by atoms with E-state index in [1.54, 1.807) is 19.9 Å². The van der Waals surface area contributed by atoms with Gasteiger partial charge in [-0.2, -0.15) is 0 Å². The third-order valence-electron chi connectivity index (χ3n) is 5.58. The first kappa shape index (κ1) is 27.9. The number of nitrogens with zero attached hydrogens (tertiary/aromatic N) is 2. The summed E-state index contributed by atoms with van der Waals surface area (Å²) in [5, 5.41) is 2.87. The largest absolute Gasteiger partial charge is 0.354 e. The fourth-order valence-corrected chi connectivity index (χ4v) is 4.65. The van der Waals surface area contributed by atoms with E-state index in [1.807, 2.05) is 50.2 Å². The highest BCUT2D eigenvalue weighted by molar-refractivity contribution is 9.10. The number of unbranched alkanes of at least 4 members (excludes halogenated alkanes) is 1. The van der Waals surface area contributed by atoms with Gasteiger partial charge in [-0.3, -0.25) is 13.9 Å². The molecule has 0 aliphatic rings. The van der Waals surface area contributed by atoms with Crippen molar-refractivity contribution in [3.8, 4) is 0 Å². The van der Waals surface area contributed by atoms with E-state index >= 15 is 0 Å². The Kier molecular flexibility index (Phi) is 10.1. The number of sulfonamides is 1. The Morgan fingerprint density at radius 3 is 2.32 bits per heavy atom. The topological polar surface area (TPSA) is 86.8 Å². The maximum atomic E-state index is 13.5. The molecular formula is C25H34BrN3O4S. The number of rotatable bonds is 11. The van der Waals surface area contributed by atoms with Crippen LogP contribution in [0.2, 0.25) is 0 Å². The van der Waals surface area contributed by atoms with E-state index in [-0.39, 0.29) is 12.5 Å². The molecule has 1 unspecified atom stereocenters. The van der Waals surface area contributed by atoms with Crippen LogP contribution in [0.3, 0.4) is 0 Å². The average molecular weight is 553 g/mol. The lowest BCUT2D eigenvalue weighted by atomic mass is 10.1.